The summed E-state index contributed by atoms with van der Waals surface area (Å²) in [6.07, 6.45) is -4.81. The Labute approximate surface area is 175 Å². The highest BCUT2D eigenvalue weighted by Gasteiger charge is 2.40. The zero-order valence-electron chi connectivity index (χ0n) is 15.8. The normalized spacial score (nSPS) is 16.5. The van der Waals surface area contributed by atoms with Crippen LogP contribution in [0, 0.1) is 5.92 Å². The molecule has 30 heavy (non-hydrogen) atoms. The van der Waals surface area contributed by atoms with Gasteiger partial charge < -0.3 is 19.7 Å². The van der Waals surface area contributed by atoms with E-state index in [1.165, 1.54) is 13.2 Å². The number of ether oxygens (including phenoxy) is 2. The lowest BCUT2D eigenvalue weighted by Gasteiger charge is -2.18. The van der Waals surface area contributed by atoms with Crippen molar-refractivity contribution in [3.8, 4) is 17.2 Å². The maximum absolute atomic E-state index is 12.6. The number of likely N-dealkylation sites (tertiary alicyclic amines) is 1. The first-order chi connectivity index (χ1) is 14.1. The molecule has 3 rings (SSSR count). The largest absolute Gasteiger partial charge is 0.497 e. The fourth-order valence-corrected chi connectivity index (χ4v) is 3.18. The van der Waals surface area contributed by atoms with Crippen molar-refractivity contribution >= 4 is 29.1 Å². The molecule has 2 amide bonds. The predicted molar refractivity (Wildman–Crippen MR) is 104 cm³/mol. The monoisotopic (exact) mass is 442 g/mol. The van der Waals surface area contributed by atoms with Crippen LogP contribution in [0.5, 0.6) is 17.2 Å². The number of alkyl halides is 3. The van der Waals surface area contributed by atoms with Crippen LogP contribution in [-0.4, -0.2) is 43.1 Å². The summed E-state index contributed by atoms with van der Waals surface area (Å²) in [7, 11) is 1.53. The SMILES string of the molecule is COc1ccc(Oc2ccc(Cl)cc2NC(=O)C2CC(=O)N(CC(F)(F)F)C2)cc1. The molecular weight excluding hydrogens is 425 g/mol. The van der Waals surface area contributed by atoms with Gasteiger partial charge in [0.1, 0.15) is 18.0 Å². The third-order valence-corrected chi connectivity index (χ3v) is 4.68. The van der Waals surface area contributed by atoms with Crippen LogP contribution in [0.3, 0.4) is 0 Å². The van der Waals surface area contributed by atoms with Crippen LogP contribution in [-0.2, 0) is 9.59 Å². The van der Waals surface area contributed by atoms with Gasteiger partial charge >= 0.3 is 6.18 Å². The highest BCUT2D eigenvalue weighted by Crippen LogP contribution is 2.34. The number of benzene rings is 2. The Kier molecular flexibility index (Phi) is 6.40. The van der Waals surface area contributed by atoms with Crippen LogP contribution in [0.15, 0.2) is 42.5 Å². The predicted octanol–water partition coefficient (Wildman–Crippen LogP) is 4.49. The van der Waals surface area contributed by atoms with Crippen molar-refractivity contribution in [2.75, 3.05) is 25.5 Å². The van der Waals surface area contributed by atoms with Crippen LogP contribution in [0.4, 0.5) is 18.9 Å². The molecule has 6 nitrogen and oxygen atoms in total. The Morgan fingerprint density at radius 1 is 1.20 bits per heavy atom. The van der Waals surface area contributed by atoms with E-state index in [0.29, 0.717) is 21.4 Å². The fourth-order valence-electron chi connectivity index (χ4n) is 3.01. The van der Waals surface area contributed by atoms with Gasteiger partial charge in [0.25, 0.3) is 0 Å². The molecule has 2 aromatic rings. The Morgan fingerprint density at radius 3 is 2.50 bits per heavy atom. The zero-order chi connectivity index (χ0) is 21.9. The van der Waals surface area contributed by atoms with Gasteiger partial charge in [-0.25, -0.2) is 0 Å². The number of carbonyl (C=O) groups is 2. The molecule has 160 valence electrons. The van der Waals surface area contributed by atoms with Gasteiger partial charge in [0.15, 0.2) is 5.75 Å². The van der Waals surface area contributed by atoms with Crippen molar-refractivity contribution in [1.29, 1.82) is 0 Å². The second kappa shape index (κ2) is 8.83. The topological polar surface area (TPSA) is 67.9 Å². The summed E-state index contributed by atoms with van der Waals surface area (Å²) in [5.41, 5.74) is 0.241. The molecule has 1 aliphatic heterocycles. The van der Waals surface area contributed by atoms with E-state index in [1.807, 2.05) is 0 Å². The average Bonchev–Trinajstić information content (AvgIpc) is 3.03. The minimum Gasteiger partial charge on any atom is -0.497 e. The molecule has 0 aromatic heterocycles. The van der Waals surface area contributed by atoms with Crippen LogP contribution in [0.25, 0.3) is 0 Å². The van der Waals surface area contributed by atoms with Crippen LogP contribution < -0.4 is 14.8 Å². The molecule has 1 N–H and O–H groups in total. The number of carbonyl (C=O) groups excluding carboxylic acids is 2. The maximum atomic E-state index is 12.6. The first-order valence-corrected chi connectivity index (χ1v) is 9.29. The van der Waals surface area contributed by atoms with Crippen molar-refractivity contribution in [3.05, 3.63) is 47.5 Å². The molecule has 10 heteroatoms. The Balaban J connectivity index is 1.72. The lowest BCUT2D eigenvalue weighted by atomic mass is 10.1. The molecule has 1 fully saturated rings. The van der Waals surface area contributed by atoms with Crippen LogP contribution in [0.1, 0.15) is 6.42 Å². The summed E-state index contributed by atoms with van der Waals surface area (Å²) < 4.78 is 48.6. The highest BCUT2D eigenvalue weighted by molar-refractivity contribution is 6.31. The van der Waals surface area contributed by atoms with Gasteiger partial charge in [0.05, 0.1) is 18.7 Å². The molecule has 1 aliphatic rings. The number of amides is 2. The number of methoxy groups -OCH3 is 1. The quantitative estimate of drug-likeness (QED) is 0.715. The number of nitrogens with one attached hydrogen (secondary N) is 1. The molecule has 0 radical (unpaired) electrons. The third kappa shape index (κ3) is 5.56. The first-order valence-electron chi connectivity index (χ1n) is 8.91. The molecule has 1 unspecified atom stereocenters. The van der Waals surface area contributed by atoms with Gasteiger partial charge in [-0.05, 0) is 42.5 Å². The van der Waals surface area contributed by atoms with E-state index in [0.717, 1.165) is 0 Å². The van der Waals surface area contributed by atoms with Crippen molar-refractivity contribution < 1.29 is 32.2 Å². The van der Waals surface area contributed by atoms with E-state index in [-0.39, 0.29) is 24.4 Å². The number of halogens is 4. The smallest absolute Gasteiger partial charge is 0.406 e. The molecule has 0 saturated carbocycles. The van der Waals surface area contributed by atoms with Crippen LogP contribution >= 0.6 is 11.6 Å². The van der Waals surface area contributed by atoms with Gasteiger partial charge in [-0.3, -0.25) is 9.59 Å². The summed E-state index contributed by atoms with van der Waals surface area (Å²) in [4.78, 5) is 25.0. The molecule has 1 heterocycles. The van der Waals surface area contributed by atoms with Gasteiger partial charge in [-0.1, -0.05) is 11.6 Å². The summed E-state index contributed by atoms with van der Waals surface area (Å²) in [5.74, 6) is -0.812. The molecule has 1 saturated heterocycles. The second-order valence-corrected chi connectivity index (χ2v) is 7.13. The van der Waals surface area contributed by atoms with Crippen molar-refractivity contribution in [1.82, 2.24) is 4.90 Å². The van der Waals surface area contributed by atoms with Crippen molar-refractivity contribution in [2.24, 2.45) is 5.92 Å². The number of hydrogen-bond donors (Lipinski definition) is 1. The second-order valence-electron chi connectivity index (χ2n) is 6.70. The van der Waals surface area contributed by atoms with Gasteiger partial charge in [0.2, 0.25) is 11.8 Å². The summed E-state index contributed by atoms with van der Waals surface area (Å²) >= 11 is 6.01. The maximum Gasteiger partial charge on any atom is 0.406 e. The van der Waals surface area contributed by atoms with E-state index in [9.17, 15) is 22.8 Å². The molecule has 0 spiro atoms. The lowest BCUT2D eigenvalue weighted by Crippen LogP contribution is -2.36. The Hall–Kier alpha value is -2.94. The van der Waals surface area contributed by atoms with Gasteiger partial charge in [-0.15, -0.1) is 0 Å². The zero-order valence-corrected chi connectivity index (χ0v) is 16.6. The highest BCUT2D eigenvalue weighted by atomic mass is 35.5. The number of hydrogen-bond acceptors (Lipinski definition) is 4. The van der Waals surface area contributed by atoms with E-state index < -0.39 is 30.5 Å². The minimum absolute atomic E-state index is 0.241. The molecule has 0 bridgehead atoms. The van der Waals surface area contributed by atoms with Gasteiger partial charge in [-0.2, -0.15) is 13.2 Å². The summed E-state index contributed by atoms with van der Waals surface area (Å²) in [6.45, 7) is -1.68. The molecule has 2 aromatic carbocycles. The Morgan fingerprint density at radius 2 is 1.87 bits per heavy atom. The van der Waals surface area contributed by atoms with E-state index in [4.69, 9.17) is 21.1 Å². The lowest BCUT2D eigenvalue weighted by molar-refractivity contribution is -0.157. The fraction of sp³-hybridized carbons (Fsp3) is 0.300. The molecular formula is C20H18ClF3N2O4. The molecule has 1 atom stereocenters. The third-order valence-electron chi connectivity index (χ3n) is 4.44. The number of anilines is 1. The van der Waals surface area contributed by atoms with Gasteiger partial charge in [0, 0.05) is 18.0 Å². The van der Waals surface area contributed by atoms with E-state index >= 15 is 0 Å². The minimum atomic E-state index is -4.52. The van der Waals surface area contributed by atoms with E-state index in [2.05, 4.69) is 5.32 Å². The summed E-state index contributed by atoms with van der Waals surface area (Å²) in [6, 6.07) is 11.3. The number of rotatable bonds is 6. The first kappa shape index (κ1) is 21.8. The molecule has 0 aliphatic carbocycles. The standard InChI is InChI=1S/C20H18ClF3N2O4/c1-29-14-3-5-15(6-4-14)30-17-7-2-13(21)9-16(17)25-19(28)12-8-18(27)26(10-12)11-20(22,23)24/h2-7,9,12H,8,10-11H2,1H3,(H,25,28). The Bertz CT molecular complexity index is 935. The number of nitrogens with zero attached hydrogens (tertiary/aromatic N) is 1. The average molecular weight is 443 g/mol. The summed E-state index contributed by atoms with van der Waals surface area (Å²) in [5, 5.41) is 2.93. The van der Waals surface area contributed by atoms with Crippen molar-refractivity contribution in [3.63, 3.8) is 0 Å². The van der Waals surface area contributed by atoms with Crippen LogP contribution in [0.2, 0.25) is 5.02 Å². The van der Waals surface area contributed by atoms with Crippen molar-refractivity contribution in [2.45, 2.75) is 12.6 Å². The van der Waals surface area contributed by atoms with E-state index in [1.54, 1.807) is 36.4 Å².